The van der Waals surface area contributed by atoms with Gasteiger partial charge >= 0.3 is 0 Å². The number of ether oxygens (including phenoxy) is 2. The van der Waals surface area contributed by atoms with Gasteiger partial charge in [-0.05, 0) is 37.5 Å². The Morgan fingerprint density at radius 1 is 1.40 bits per heavy atom. The molecule has 1 aromatic rings. The zero-order valence-corrected chi connectivity index (χ0v) is 17.5. The molecule has 0 bridgehead atoms. The fourth-order valence-electron chi connectivity index (χ4n) is 3.12. The number of aliphatic imine (C=N–C) groups is 1. The quantitative estimate of drug-likeness (QED) is 0.386. The van der Waals surface area contributed by atoms with E-state index in [9.17, 15) is 4.39 Å². The van der Waals surface area contributed by atoms with Crippen molar-refractivity contribution in [3.8, 4) is 0 Å². The van der Waals surface area contributed by atoms with Crippen LogP contribution in [0.3, 0.4) is 0 Å². The predicted molar refractivity (Wildman–Crippen MR) is 109 cm³/mol. The third kappa shape index (κ3) is 6.38. The molecule has 1 aromatic carbocycles. The normalized spacial score (nSPS) is 18.2. The largest absolute Gasteiger partial charge is 0.383 e. The number of nitrogens with one attached hydrogen (secondary N) is 2. The fourth-order valence-corrected chi connectivity index (χ4v) is 3.12. The molecule has 0 aliphatic carbocycles. The summed E-state index contributed by atoms with van der Waals surface area (Å²) in [6.07, 6.45) is 1.71. The van der Waals surface area contributed by atoms with Crippen LogP contribution >= 0.6 is 24.0 Å². The van der Waals surface area contributed by atoms with Gasteiger partial charge in [-0.2, -0.15) is 0 Å². The smallest absolute Gasteiger partial charge is 0.191 e. The molecule has 1 saturated heterocycles. The van der Waals surface area contributed by atoms with Gasteiger partial charge in [-0.3, -0.25) is 4.99 Å². The van der Waals surface area contributed by atoms with Crippen molar-refractivity contribution in [2.75, 3.05) is 40.5 Å². The molecule has 0 saturated carbocycles. The van der Waals surface area contributed by atoms with Gasteiger partial charge in [-0.15, -0.1) is 24.0 Å². The summed E-state index contributed by atoms with van der Waals surface area (Å²) in [5.41, 5.74) is 0.862. The van der Waals surface area contributed by atoms with Crippen LogP contribution in [-0.4, -0.2) is 52.5 Å². The van der Waals surface area contributed by atoms with Crippen LogP contribution in [0.25, 0.3) is 0 Å². The van der Waals surface area contributed by atoms with Gasteiger partial charge in [0.2, 0.25) is 0 Å². The summed E-state index contributed by atoms with van der Waals surface area (Å²) in [4.78, 5) is 4.27. The molecule has 25 heavy (non-hydrogen) atoms. The van der Waals surface area contributed by atoms with Crippen LogP contribution in [0.4, 0.5) is 4.39 Å². The summed E-state index contributed by atoms with van der Waals surface area (Å²) in [5.74, 6) is 0.524. The highest BCUT2D eigenvalue weighted by Crippen LogP contribution is 2.34. The number of methoxy groups -OCH3 is 1. The number of halogens is 2. The van der Waals surface area contributed by atoms with Gasteiger partial charge in [0.15, 0.2) is 5.96 Å². The van der Waals surface area contributed by atoms with E-state index in [1.54, 1.807) is 26.3 Å². The fraction of sp³-hybridized carbons (Fsp3) is 0.611. The van der Waals surface area contributed by atoms with E-state index in [-0.39, 0.29) is 41.3 Å². The average Bonchev–Trinajstić information content (AvgIpc) is 2.59. The Kier molecular flexibility index (Phi) is 9.66. The Morgan fingerprint density at radius 2 is 2.12 bits per heavy atom. The topological polar surface area (TPSA) is 54.9 Å². The van der Waals surface area contributed by atoms with Crippen LogP contribution in [0, 0.1) is 5.82 Å². The zero-order valence-electron chi connectivity index (χ0n) is 15.2. The molecule has 0 radical (unpaired) electrons. The average molecular weight is 465 g/mol. The second-order valence-electron chi connectivity index (χ2n) is 6.33. The number of nitrogens with zero attached hydrogens (tertiary/aromatic N) is 1. The van der Waals surface area contributed by atoms with Gasteiger partial charge in [0, 0.05) is 45.4 Å². The van der Waals surface area contributed by atoms with E-state index >= 15 is 0 Å². The van der Waals surface area contributed by atoms with Crippen molar-refractivity contribution in [3.63, 3.8) is 0 Å². The Hall–Kier alpha value is -0.930. The van der Waals surface area contributed by atoms with Gasteiger partial charge in [0.1, 0.15) is 5.82 Å². The van der Waals surface area contributed by atoms with E-state index in [0.29, 0.717) is 26.4 Å². The monoisotopic (exact) mass is 465 g/mol. The first kappa shape index (κ1) is 22.1. The molecule has 1 heterocycles. The Balaban J connectivity index is 0.00000312. The maximum atomic E-state index is 13.7. The van der Waals surface area contributed by atoms with E-state index in [2.05, 4.69) is 15.6 Å². The van der Waals surface area contributed by atoms with Gasteiger partial charge in [0.05, 0.1) is 6.61 Å². The molecule has 1 aliphatic rings. The van der Waals surface area contributed by atoms with E-state index < -0.39 is 0 Å². The van der Waals surface area contributed by atoms with Crippen molar-refractivity contribution in [3.05, 3.63) is 35.6 Å². The number of guanidine groups is 1. The van der Waals surface area contributed by atoms with E-state index in [1.807, 2.05) is 13.0 Å². The molecule has 1 fully saturated rings. The van der Waals surface area contributed by atoms with Crippen molar-refractivity contribution in [1.82, 2.24) is 10.6 Å². The maximum absolute atomic E-state index is 13.7. The Labute approximate surface area is 166 Å². The van der Waals surface area contributed by atoms with Crippen LogP contribution < -0.4 is 10.6 Å². The highest BCUT2D eigenvalue weighted by atomic mass is 127. The lowest BCUT2D eigenvalue weighted by Crippen LogP contribution is -2.50. The van der Waals surface area contributed by atoms with Gasteiger partial charge in [-0.1, -0.05) is 12.1 Å². The van der Waals surface area contributed by atoms with Gasteiger partial charge in [0.25, 0.3) is 0 Å². The number of hydrogen-bond donors (Lipinski definition) is 2. The molecule has 0 spiro atoms. The maximum Gasteiger partial charge on any atom is 0.191 e. The zero-order chi connectivity index (χ0) is 17.4. The molecule has 0 aromatic heterocycles. The second-order valence-corrected chi connectivity index (χ2v) is 6.33. The third-order valence-electron chi connectivity index (χ3n) is 4.50. The second kappa shape index (κ2) is 10.9. The number of hydrogen-bond acceptors (Lipinski definition) is 3. The third-order valence-corrected chi connectivity index (χ3v) is 4.50. The van der Waals surface area contributed by atoms with Crippen molar-refractivity contribution < 1.29 is 13.9 Å². The van der Waals surface area contributed by atoms with E-state index in [4.69, 9.17) is 9.47 Å². The van der Waals surface area contributed by atoms with Gasteiger partial charge in [-0.25, -0.2) is 4.39 Å². The van der Waals surface area contributed by atoms with Crippen LogP contribution in [0.1, 0.15) is 25.3 Å². The van der Waals surface area contributed by atoms with Crippen LogP contribution in [0.5, 0.6) is 0 Å². The molecule has 2 rings (SSSR count). The van der Waals surface area contributed by atoms with Crippen molar-refractivity contribution in [2.45, 2.75) is 31.2 Å². The summed E-state index contributed by atoms with van der Waals surface area (Å²) >= 11 is 0. The lowest BCUT2D eigenvalue weighted by Gasteiger charge is -2.38. The SMILES string of the molecule is CN=C(NCC1(c2cccc(F)c2)CCOCC1)NC(C)COC.I. The Bertz CT molecular complexity index is 551. The summed E-state index contributed by atoms with van der Waals surface area (Å²) in [7, 11) is 3.42. The molecule has 2 N–H and O–H groups in total. The van der Waals surface area contributed by atoms with Gasteiger partial charge < -0.3 is 20.1 Å². The standard InChI is InChI=1S/C18H28FN3O2.HI/c1-14(12-23-3)22-17(20-2)21-13-18(7-9-24-10-8-18)15-5-4-6-16(19)11-15;/h4-6,11,14H,7-10,12-13H2,1-3H3,(H2,20,21,22);1H. The molecular formula is C18H29FIN3O2. The lowest BCUT2D eigenvalue weighted by molar-refractivity contribution is 0.0512. The van der Waals surface area contributed by atoms with Crippen molar-refractivity contribution in [1.29, 1.82) is 0 Å². The van der Waals surface area contributed by atoms with E-state index in [0.717, 1.165) is 24.4 Å². The highest BCUT2D eigenvalue weighted by Gasteiger charge is 2.35. The molecule has 7 heteroatoms. The Morgan fingerprint density at radius 3 is 2.72 bits per heavy atom. The minimum atomic E-state index is -0.199. The number of rotatable bonds is 6. The number of benzene rings is 1. The summed E-state index contributed by atoms with van der Waals surface area (Å²) in [6.45, 7) is 4.69. The van der Waals surface area contributed by atoms with Crippen LogP contribution in [0.2, 0.25) is 0 Å². The van der Waals surface area contributed by atoms with Crippen LogP contribution in [0.15, 0.2) is 29.3 Å². The minimum absolute atomic E-state index is 0. The highest BCUT2D eigenvalue weighted by molar-refractivity contribution is 14.0. The lowest BCUT2D eigenvalue weighted by atomic mass is 9.74. The molecule has 142 valence electrons. The van der Waals surface area contributed by atoms with E-state index in [1.165, 1.54) is 6.07 Å². The molecular weight excluding hydrogens is 436 g/mol. The molecule has 0 amide bonds. The summed E-state index contributed by atoms with van der Waals surface area (Å²) in [6, 6.07) is 7.05. The molecule has 1 atom stereocenters. The van der Waals surface area contributed by atoms with Crippen LogP contribution in [-0.2, 0) is 14.9 Å². The molecule has 1 unspecified atom stereocenters. The minimum Gasteiger partial charge on any atom is -0.383 e. The first-order valence-corrected chi connectivity index (χ1v) is 8.39. The summed E-state index contributed by atoms with van der Waals surface area (Å²) < 4.78 is 24.4. The predicted octanol–water partition coefficient (Wildman–Crippen LogP) is 2.69. The first-order valence-electron chi connectivity index (χ1n) is 8.39. The van der Waals surface area contributed by atoms with Crippen molar-refractivity contribution in [2.24, 2.45) is 4.99 Å². The molecule has 5 nitrogen and oxygen atoms in total. The summed E-state index contributed by atoms with van der Waals surface area (Å²) in [5, 5.41) is 6.69. The van der Waals surface area contributed by atoms with Crippen molar-refractivity contribution >= 4 is 29.9 Å². The first-order chi connectivity index (χ1) is 11.6. The molecule has 1 aliphatic heterocycles.